The summed E-state index contributed by atoms with van der Waals surface area (Å²) in [6, 6.07) is 5.58. The van der Waals surface area contributed by atoms with Crippen LogP contribution < -0.4 is 0 Å². The Bertz CT molecular complexity index is 516. The van der Waals surface area contributed by atoms with Crippen LogP contribution in [-0.2, 0) is 0 Å². The van der Waals surface area contributed by atoms with Gasteiger partial charge in [-0.2, -0.15) is 0 Å². The second-order valence-electron chi connectivity index (χ2n) is 3.58. The van der Waals surface area contributed by atoms with Crippen molar-refractivity contribution in [2.45, 2.75) is 0 Å². The van der Waals surface area contributed by atoms with Crippen LogP contribution in [0.2, 0.25) is 10.0 Å². The number of hydrogen-bond acceptors (Lipinski definition) is 3. The van der Waals surface area contributed by atoms with E-state index in [1.165, 1.54) is 0 Å². The molecule has 2 aliphatic rings. The normalized spacial score (nSPS) is 17.4. The number of fused-ring (bicyclic) bond motifs is 1. The van der Waals surface area contributed by atoms with Gasteiger partial charge in [0.1, 0.15) is 0 Å². The third kappa shape index (κ3) is 2.50. The Morgan fingerprint density at radius 1 is 1.29 bits per heavy atom. The van der Waals surface area contributed by atoms with E-state index in [0.29, 0.717) is 10.0 Å². The summed E-state index contributed by atoms with van der Waals surface area (Å²) in [5.74, 6) is 0. The minimum atomic E-state index is 0. The van der Waals surface area contributed by atoms with Gasteiger partial charge in [0, 0.05) is 28.2 Å². The van der Waals surface area contributed by atoms with Gasteiger partial charge in [-0.05, 0) is 23.9 Å². The Hall–Kier alpha value is -0.160. The van der Waals surface area contributed by atoms with E-state index in [9.17, 15) is 0 Å². The molecular formula is C11H9BrCl2N2S. The molecule has 6 heteroatoms. The lowest BCUT2D eigenvalue weighted by Crippen LogP contribution is -2.14. The molecule has 17 heavy (non-hydrogen) atoms. The Morgan fingerprint density at radius 3 is 2.82 bits per heavy atom. The molecule has 0 radical (unpaired) electrons. The number of halogens is 3. The molecule has 0 bridgehead atoms. The quantitative estimate of drug-likeness (QED) is 0.750. The maximum atomic E-state index is 6.17. The zero-order valence-corrected chi connectivity index (χ0v) is 12.7. The number of hydrogen-bond donors (Lipinski definition) is 0. The van der Waals surface area contributed by atoms with E-state index in [1.54, 1.807) is 17.8 Å². The third-order valence-electron chi connectivity index (χ3n) is 2.50. The highest BCUT2D eigenvalue weighted by molar-refractivity contribution is 8.93. The molecule has 1 aromatic carbocycles. The minimum Gasteiger partial charge on any atom is -0.325 e. The predicted octanol–water partition coefficient (Wildman–Crippen LogP) is 4.29. The lowest BCUT2D eigenvalue weighted by atomic mass is 10.2. The molecule has 2 heterocycles. The van der Waals surface area contributed by atoms with Crippen molar-refractivity contribution in [1.82, 2.24) is 4.90 Å². The van der Waals surface area contributed by atoms with E-state index in [1.807, 2.05) is 12.1 Å². The van der Waals surface area contributed by atoms with Crippen molar-refractivity contribution in [2.24, 2.45) is 4.99 Å². The molecule has 0 N–H and O–H groups in total. The number of benzene rings is 1. The first-order valence-corrected chi connectivity index (χ1v) is 6.47. The monoisotopic (exact) mass is 350 g/mol. The van der Waals surface area contributed by atoms with Crippen LogP contribution in [0.15, 0.2) is 29.4 Å². The molecule has 0 unspecified atom stereocenters. The average Bonchev–Trinajstić information content (AvgIpc) is 2.76. The van der Waals surface area contributed by atoms with Gasteiger partial charge in [-0.3, -0.25) is 4.99 Å². The van der Waals surface area contributed by atoms with Gasteiger partial charge in [-0.25, -0.2) is 0 Å². The summed E-state index contributed by atoms with van der Waals surface area (Å²) >= 11 is 13.7. The molecule has 0 fully saturated rings. The van der Waals surface area contributed by atoms with E-state index < -0.39 is 0 Å². The first-order valence-electron chi connectivity index (χ1n) is 4.90. The maximum Gasteiger partial charge on any atom is 0.168 e. The number of thioether (sulfide) groups is 1. The summed E-state index contributed by atoms with van der Waals surface area (Å²) in [7, 11) is 0. The fourth-order valence-corrected chi connectivity index (χ4v) is 3.38. The Kier molecular flexibility index (Phi) is 4.08. The summed E-state index contributed by atoms with van der Waals surface area (Å²) in [4.78, 5) is 7.70. The molecule has 0 aromatic heterocycles. The van der Waals surface area contributed by atoms with Crippen LogP contribution in [0.3, 0.4) is 0 Å². The summed E-state index contributed by atoms with van der Waals surface area (Å²) < 4.78 is 0. The second kappa shape index (κ2) is 5.22. The van der Waals surface area contributed by atoms with Crippen molar-refractivity contribution >= 4 is 62.0 Å². The largest absolute Gasteiger partial charge is 0.325 e. The first-order chi connectivity index (χ1) is 7.74. The van der Waals surface area contributed by atoms with Crippen LogP contribution in [0.4, 0.5) is 0 Å². The molecule has 0 saturated carbocycles. The molecule has 90 valence electrons. The van der Waals surface area contributed by atoms with Crippen molar-refractivity contribution in [2.75, 3.05) is 13.1 Å². The molecule has 2 nitrogen and oxygen atoms in total. The molecule has 0 saturated heterocycles. The number of nitrogens with zero attached hydrogens (tertiary/aromatic N) is 2. The molecule has 0 atom stereocenters. The van der Waals surface area contributed by atoms with Crippen molar-refractivity contribution in [3.8, 4) is 0 Å². The Labute approximate surface area is 124 Å². The van der Waals surface area contributed by atoms with E-state index >= 15 is 0 Å². The van der Waals surface area contributed by atoms with Crippen molar-refractivity contribution in [1.29, 1.82) is 0 Å². The van der Waals surface area contributed by atoms with Crippen molar-refractivity contribution in [3.63, 3.8) is 0 Å². The topological polar surface area (TPSA) is 15.6 Å². The van der Waals surface area contributed by atoms with E-state index in [4.69, 9.17) is 23.2 Å². The summed E-state index contributed by atoms with van der Waals surface area (Å²) in [6.07, 6.45) is 2.10. The molecule has 0 spiro atoms. The van der Waals surface area contributed by atoms with Crippen LogP contribution in [0.25, 0.3) is 4.91 Å². The van der Waals surface area contributed by atoms with E-state index in [2.05, 4.69) is 16.1 Å². The lowest BCUT2D eigenvalue weighted by Gasteiger charge is -2.04. The van der Waals surface area contributed by atoms with Gasteiger partial charge in [-0.15, -0.1) is 17.0 Å². The van der Waals surface area contributed by atoms with Crippen LogP contribution in [-0.4, -0.2) is 23.2 Å². The Balaban J connectivity index is 0.00000108. The minimum absolute atomic E-state index is 0. The van der Waals surface area contributed by atoms with Crippen molar-refractivity contribution < 1.29 is 0 Å². The standard InChI is InChI=1S/C11H8Cl2N2S.BrH/c12-7-1-2-8(9(13)5-7)10-6-15-4-3-14-11(15)16-10;/h1-2,5-6H,3-4H2;1H. The summed E-state index contributed by atoms with van der Waals surface area (Å²) in [5, 5.41) is 2.42. The highest BCUT2D eigenvalue weighted by Crippen LogP contribution is 2.40. The molecule has 3 rings (SSSR count). The highest BCUT2D eigenvalue weighted by Gasteiger charge is 2.25. The molecule has 0 amide bonds. The smallest absolute Gasteiger partial charge is 0.168 e. The highest BCUT2D eigenvalue weighted by atomic mass is 79.9. The van der Waals surface area contributed by atoms with Gasteiger partial charge in [0.2, 0.25) is 0 Å². The molecule has 2 aliphatic heterocycles. The Morgan fingerprint density at radius 2 is 2.12 bits per heavy atom. The van der Waals surface area contributed by atoms with Gasteiger partial charge in [0.15, 0.2) is 5.17 Å². The van der Waals surface area contributed by atoms with Crippen LogP contribution in [0, 0.1) is 0 Å². The average molecular weight is 352 g/mol. The number of amidine groups is 1. The van der Waals surface area contributed by atoms with Gasteiger partial charge in [0.05, 0.1) is 11.6 Å². The van der Waals surface area contributed by atoms with Crippen LogP contribution in [0.1, 0.15) is 5.56 Å². The van der Waals surface area contributed by atoms with E-state index in [-0.39, 0.29) is 17.0 Å². The number of aliphatic imine (C=N–C) groups is 1. The number of rotatable bonds is 1. The predicted molar refractivity (Wildman–Crippen MR) is 81.4 cm³/mol. The lowest BCUT2D eigenvalue weighted by molar-refractivity contribution is 0.626. The molecular weight excluding hydrogens is 343 g/mol. The van der Waals surface area contributed by atoms with E-state index in [0.717, 1.165) is 28.7 Å². The second-order valence-corrected chi connectivity index (χ2v) is 5.43. The first kappa shape index (κ1) is 13.3. The van der Waals surface area contributed by atoms with Gasteiger partial charge >= 0.3 is 0 Å². The summed E-state index contributed by atoms with van der Waals surface area (Å²) in [5.41, 5.74) is 1.02. The van der Waals surface area contributed by atoms with Crippen LogP contribution >= 0.6 is 51.9 Å². The molecule has 1 aromatic rings. The van der Waals surface area contributed by atoms with Crippen LogP contribution in [0.5, 0.6) is 0 Å². The van der Waals surface area contributed by atoms with Crippen molar-refractivity contribution in [3.05, 3.63) is 40.0 Å². The zero-order chi connectivity index (χ0) is 11.1. The van der Waals surface area contributed by atoms with Gasteiger partial charge in [-0.1, -0.05) is 29.3 Å². The SMILES string of the molecule is Br.Clc1ccc(C2=CN3CCN=C3S2)c(Cl)c1. The molecule has 0 aliphatic carbocycles. The fourth-order valence-electron chi connectivity index (χ4n) is 1.73. The van der Waals surface area contributed by atoms with Gasteiger partial charge in [0.25, 0.3) is 0 Å². The van der Waals surface area contributed by atoms with Gasteiger partial charge < -0.3 is 4.90 Å². The fraction of sp³-hybridized carbons (Fsp3) is 0.182. The zero-order valence-electron chi connectivity index (χ0n) is 8.69. The maximum absolute atomic E-state index is 6.17. The summed E-state index contributed by atoms with van der Waals surface area (Å²) in [6.45, 7) is 1.86. The third-order valence-corrected chi connectivity index (χ3v) is 4.14.